The summed E-state index contributed by atoms with van der Waals surface area (Å²) in [4.78, 5) is 7.07. The number of nitrogens with zero attached hydrogens (tertiary/aromatic N) is 4. The van der Waals surface area contributed by atoms with E-state index in [1.165, 1.54) is 0 Å². The van der Waals surface area contributed by atoms with Gasteiger partial charge in [-0.05, 0) is 54.5 Å². The van der Waals surface area contributed by atoms with Crippen LogP contribution >= 0.6 is 23.2 Å². The second-order valence-corrected chi connectivity index (χ2v) is 13.4. The van der Waals surface area contributed by atoms with Crippen molar-refractivity contribution in [1.82, 2.24) is 25.9 Å². The summed E-state index contributed by atoms with van der Waals surface area (Å²) in [5.74, 6) is 0. The zero-order valence-corrected chi connectivity index (χ0v) is 25.2. The number of hydrogen-bond acceptors (Lipinski definition) is 8. The maximum Gasteiger partial charge on any atom is 0.103 e. The lowest BCUT2D eigenvalue weighted by molar-refractivity contribution is -0.0300. The summed E-state index contributed by atoms with van der Waals surface area (Å²) in [7, 11) is 0. The van der Waals surface area contributed by atoms with Crippen molar-refractivity contribution in [3.8, 4) is 6.07 Å². The third kappa shape index (κ3) is 5.64. The van der Waals surface area contributed by atoms with Gasteiger partial charge in [0.15, 0.2) is 0 Å². The lowest BCUT2D eigenvalue weighted by atomic mass is 9.79. The minimum Gasteiger partial charge on any atom is -0.383 e. The molecule has 8 nitrogen and oxygen atoms in total. The van der Waals surface area contributed by atoms with Gasteiger partial charge in [-0.15, -0.1) is 5.53 Å². The predicted molar refractivity (Wildman–Crippen MR) is 166 cm³/mol. The molecule has 10 heteroatoms. The maximum absolute atomic E-state index is 9.86. The first-order valence-corrected chi connectivity index (χ1v) is 14.9. The quantitative estimate of drug-likeness (QED) is 0.250. The fraction of sp³-hybridized carbons (Fsp3) is 0.419. The molecular formula is C31H36Cl2N8. The molecule has 3 fully saturated rings. The van der Waals surface area contributed by atoms with E-state index in [-0.39, 0.29) is 17.0 Å². The van der Waals surface area contributed by atoms with Gasteiger partial charge < -0.3 is 21.0 Å². The highest BCUT2D eigenvalue weighted by molar-refractivity contribution is 6.36. The standard InChI is InChI=1S/C31H36Cl2N8/c1-30(2,3)19-36-27-21(16-34)17-35-29-24(27)14-23(15-25(29)33)37-28(20-4-6-22(32)7-5-20)26-18-41(39-38-26)31-8-11-40(12-9-31)13-10-31/h4-7,14-15,17-18,28,37-39H,8-13,19H2,1-3H3,(H,35,36)/t28-/m0/s1. The number of benzene rings is 2. The third-order valence-corrected chi connectivity index (χ3v) is 8.99. The molecule has 41 heavy (non-hydrogen) atoms. The molecule has 214 valence electrons. The monoisotopic (exact) mass is 590 g/mol. The van der Waals surface area contributed by atoms with Crippen molar-refractivity contribution in [2.24, 2.45) is 5.41 Å². The summed E-state index contributed by atoms with van der Waals surface area (Å²) in [6.07, 6.45) is 7.23. The third-order valence-electron chi connectivity index (χ3n) is 8.45. The first-order valence-electron chi connectivity index (χ1n) is 14.2. The molecule has 0 aliphatic carbocycles. The number of piperidine rings is 3. The van der Waals surface area contributed by atoms with Gasteiger partial charge in [0.05, 0.1) is 39.1 Å². The van der Waals surface area contributed by atoms with E-state index in [1.54, 1.807) is 6.20 Å². The van der Waals surface area contributed by atoms with Crippen LogP contribution in [-0.2, 0) is 0 Å². The van der Waals surface area contributed by atoms with Crippen LogP contribution in [-0.4, -0.2) is 46.6 Å². The van der Waals surface area contributed by atoms with E-state index in [1.807, 2.05) is 36.4 Å². The lowest BCUT2D eigenvalue weighted by Crippen LogP contribution is -2.62. The van der Waals surface area contributed by atoms with Crippen molar-refractivity contribution in [3.05, 3.63) is 75.7 Å². The SMILES string of the molecule is CC(C)(C)CNc1c(C#N)cnc2c(Cl)cc(N[C@H](C3=CN(C45CCN(CC4)CC5)NN3)c3ccc(Cl)cc3)cc12. The van der Waals surface area contributed by atoms with Crippen LogP contribution in [0.25, 0.3) is 10.9 Å². The molecule has 4 aliphatic rings. The van der Waals surface area contributed by atoms with E-state index >= 15 is 0 Å². The average Bonchev–Trinajstić information content (AvgIpc) is 3.47. The Morgan fingerprint density at radius 1 is 1.10 bits per heavy atom. The first kappa shape index (κ1) is 27.9. The van der Waals surface area contributed by atoms with Crippen LogP contribution in [0, 0.1) is 16.7 Å². The molecule has 0 amide bonds. The van der Waals surface area contributed by atoms with Crippen LogP contribution in [0.2, 0.25) is 10.0 Å². The number of nitriles is 1. The topological polar surface area (TPSA) is 91.3 Å². The number of nitrogens with one attached hydrogen (secondary N) is 4. The van der Waals surface area contributed by atoms with Crippen LogP contribution in [0.1, 0.15) is 57.2 Å². The fourth-order valence-corrected chi connectivity index (χ4v) is 6.43. The zero-order chi connectivity index (χ0) is 28.8. The molecule has 3 saturated heterocycles. The van der Waals surface area contributed by atoms with E-state index in [0.717, 1.165) is 66.9 Å². The molecule has 2 aromatic carbocycles. The van der Waals surface area contributed by atoms with Crippen LogP contribution in [0.15, 0.2) is 54.5 Å². The van der Waals surface area contributed by atoms with E-state index < -0.39 is 0 Å². The molecule has 1 aromatic heterocycles. The van der Waals surface area contributed by atoms with Crippen LogP contribution in [0.5, 0.6) is 0 Å². The fourth-order valence-electron chi connectivity index (χ4n) is 6.04. The zero-order valence-electron chi connectivity index (χ0n) is 23.7. The number of halogens is 2. The normalized spacial score (nSPS) is 22.7. The minimum atomic E-state index is -0.212. The van der Waals surface area contributed by atoms with Gasteiger partial charge in [-0.25, -0.2) is 0 Å². The van der Waals surface area contributed by atoms with Gasteiger partial charge in [0.25, 0.3) is 0 Å². The second kappa shape index (κ2) is 10.9. The van der Waals surface area contributed by atoms with Crippen molar-refractivity contribution in [3.63, 3.8) is 0 Å². The molecule has 0 saturated carbocycles. The first-order chi connectivity index (χ1) is 19.6. The number of aromatic nitrogens is 1. The van der Waals surface area contributed by atoms with Crippen LogP contribution < -0.4 is 21.6 Å². The van der Waals surface area contributed by atoms with Gasteiger partial charge in [-0.2, -0.15) is 5.26 Å². The van der Waals surface area contributed by atoms with Crippen molar-refractivity contribution >= 4 is 45.5 Å². The van der Waals surface area contributed by atoms with E-state index in [4.69, 9.17) is 23.2 Å². The van der Waals surface area contributed by atoms with Gasteiger partial charge in [0, 0.05) is 54.7 Å². The predicted octanol–water partition coefficient (Wildman–Crippen LogP) is 6.43. The lowest BCUT2D eigenvalue weighted by Gasteiger charge is -2.52. The Balaban J connectivity index is 1.38. The smallest absolute Gasteiger partial charge is 0.103 e. The molecule has 0 radical (unpaired) electrons. The largest absolute Gasteiger partial charge is 0.383 e. The molecule has 7 rings (SSSR count). The van der Waals surface area contributed by atoms with Crippen molar-refractivity contribution in [1.29, 1.82) is 5.26 Å². The number of hydrogen-bond donors (Lipinski definition) is 4. The summed E-state index contributed by atoms with van der Waals surface area (Å²) in [5, 5.41) is 21.4. The van der Waals surface area contributed by atoms with Crippen molar-refractivity contribution < 1.29 is 0 Å². The Hall–Kier alpha value is -3.22. The minimum absolute atomic E-state index is 0.0234. The van der Waals surface area contributed by atoms with Gasteiger partial charge in [-0.1, -0.05) is 56.1 Å². The van der Waals surface area contributed by atoms with Gasteiger partial charge in [0.1, 0.15) is 6.07 Å². The molecule has 0 spiro atoms. The average molecular weight is 592 g/mol. The second-order valence-electron chi connectivity index (χ2n) is 12.6. The number of pyridine rings is 1. The van der Waals surface area contributed by atoms with Crippen LogP contribution in [0.3, 0.4) is 0 Å². The molecule has 4 N–H and O–H groups in total. The summed E-state index contributed by atoms with van der Waals surface area (Å²) in [6.45, 7) is 10.6. The Labute approximate surface area is 251 Å². The summed E-state index contributed by atoms with van der Waals surface area (Å²) in [5.41, 5.74) is 11.8. The van der Waals surface area contributed by atoms with E-state index in [9.17, 15) is 5.26 Å². The molecule has 5 heterocycles. The molecule has 4 aliphatic heterocycles. The Morgan fingerprint density at radius 3 is 2.46 bits per heavy atom. The number of hydrazine groups is 2. The molecular weight excluding hydrogens is 555 g/mol. The van der Waals surface area contributed by atoms with Gasteiger partial charge in [-0.3, -0.25) is 9.99 Å². The summed E-state index contributed by atoms with van der Waals surface area (Å²) in [6, 6.07) is 13.9. The summed E-state index contributed by atoms with van der Waals surface area (Å²) < 4.78 is 0. The number of rotatable bonds is 7. The van der Waals surface area contributed by atoms with Gasteiger partial charge in [0.2, 0.25) is 0 Å². The highest BCUT2D eigenvalue weighted by atomic mass is 35.5. The molecule has 1 atom stereocenters. The summed E-state index contributed by atoms with van der Waals surface area (Å²) >= 11 is 13.1. The Bertz CT molecular complexity index is 1500. The number of anilines is 2. The van der Waals surface area contributed by atoms with Gasteiger partial charge >= 0.3 is 0 Å². The van der Waals surface area contributed by atoms with Crippen molar-refractivity contribution in [2.75, 3.05) is 36.8 Å². The Kier molecular flexibility index (Phi) is 7.41. The molecule has 3 aromatic rings. The highest BCUT2D eigenvalue weighted by Gasteiger charge is 2.45. The van der Waals surface area contributed by atoms with E-state index in [2.05, 4.69) is 69.5 Å². The Morgan fingerprint density at radius 2 is 1.80 bits per heavy atom. The van der Waals surface area contributed by atoms with Crippen molar-refractivity contribution in [2.45, 2.75) is 51.6 Å². The van der Waals surface area contributed by atoms with E-state index in [0.29, 0.717) is 27.7 Å². The number of fused-ring (bicyclic) bond motifs is 4. The highest BCUT2D eigenvalue weighted by Crippen LogP contribution is 2.40. The molecule has 0 unspecified atom stereocenters. The maximum atomic E-state index is 9.86. The van der Waals surface area contributed by atoms with Crippen LogP contribution in [0.4, 0.5) is 11.4 Å². The molecule has 2 bridgehead atoms.